The highest BCUT2D eigenvalue weighted by Crippen LogP contribution is 2.37. The van der Waals surface area contributed by atoms with Gasteiger partial charge in [0.05, 0.1) is 31.2 Å². The number of rotatable bonds is 4. The standard InChI is InChI=1S/C20H22N2O3S2/c1-14-6-8-15(9-7-14)11-22(16-4-3-5-17(10-16)25-2)20-21-18-12-27(23,24)13-19(18)26-20/h3-10,18-19H,11-13H2,1-2H3/t18-,19-/m1/s1. The first-order valence-electron chi connectivity index (χ1n) is 8.85. The van der Waals surface area contributed by atoms with Crippen molar-refractivity contribution < 1.29 is 13.2 Å². The van der Waals surface area contributed by atoms with Crippen LogP contribution in [0.25, 0.3) is 0 Å². The molecule has 27 heavy (non-hydrogen) atoms. The molecule has 0 spiro atoms. The Morgan fingerprint density at radius 2 is 1.96 bits per heavy atom. The van der Waals surface area contributed by atoms with E-state index < -0.39 is 9.84 Å². The molecule has 0 unspecified atom stereocenters. The molecule has 5 nitrogen and oxygen atoms in total. The van der Waals surface area contributed by atoms with E-state index in [-0.39, 0.29) is 22.8 Å². The van der Waals surface area contributed by atoms with Gasteiger partial charge in [0.15, 0.2) is 15.0 Å². The lowest BCUT2D eigenvalue weighted by Gasteiger charge is -2.25. The zero-order chi connectivity index (χ0) is 19.0. The predicted octanol–water partition coefficient (Wildman–Crippen LogP) is 3.28. The molecule has 0 aromatic heterocycles. The molecule has 2 aromatic rings. The van der Waals surface area contributed by atoms with Gasteiger partial charge in [-0.1, -0.05) is 47.7 Å². The highest BCUT2D eigenvalue weighted by atomic mass is 32.2. The molecule has 2 aromatic carbocycles. The summed E-state index contributed by atoms with van der Waals surface area (Å²) in [4.78, 5) is 6.93. The molecule has 4 rings (SSSR count). The largest absolute Gasteiger partial charge is 0.497 e. The van der Waals surface area contributed by atoms with Crippen LogP contribution in [-0.2, 0) is 16.4 Å². The van der Waals surface area contributed by atoms with Crippen molar-refractivity contribution in [2.24, 2.45) is 4.99 Å². The summed E-state index contributed by atoms with van der Waals surface area (Å²) in [6.07, 6.45) is 0. The van der Waals surface area contributed by atoms with Crippen LogP contribution in [0.2, 0.25) is 0 Å². The van der Waals surface area contributed by atoms with Crippen LogP contribution in [0.15, 0.2) is 53.5 Å². The monoisotopic (exact) mass is 402 g/mol. The van der Waals surface area contributed by atoms with E-state index >= 15 is 0 Å². The van der Waals surface area contributed by atoms with Crippen LogP contribution in [0.5, 0.6) is 5.75 Å². The number of methoxy groups -OCH3 is 1. The maximum absolute atomic E-state index is 11.9. The van der Waals surface area contributed by atoms with Crippen LogP contribution in [-0.4, -0.2) is 43.5 Å². The quantitative estimate of drug-likeness (QED) is 0.786. The summed E-state index contributed by atoms with van der Waals surface area (Å²) >= 11 is 1.58. The van der Waals surface area contributed by atoms with Gasteiger partial charge in [-0.3, -0.25) is 4.99 Å². The number of aliphatic imine (C=N–C) groups is 1. The number of aryl methyl sites for hydroxylation is 1. The predicted molar refractivity (Wildman–Crippen MR) is 112 cm³/mol. The van der Waals surface area contributed by atoms with Gasteiger partial charge >= 0.3 is 0 Å². The number of thioether (sulfide) groups is 1. The van der Waals surface area contributed by atoms with Gasteiger partial charge < -0.3 is 9.64 Å². The molecule has 1 saturated heterocycles. The van der Waals surface area contributed by atoms with E-state index in [1.807, 2.05) is 24.3 Å². The molecule has 0 aliphatic carbocycles. The van der Waals surface area contributed by atoms with Gasteiger partial charge in [0.25, 0.3) is 0 Å². The Hall–Kier alpha value is -1.99. The highest BCUT2D eigenvalue weighted by Gasteiger charge is 2.44. The molecule has 0 bridgehead atoms. The van der Waals surface area contributed by atoms with E-state index in [0.29, 0.717) is 6.54 Å². The molecule has 1 fully saturated rings. The van der Waals surface area contributed by atoms with Crippen LogP contribution in [0.4, 0.5) is 5.69 Å². The molecule has 0 saturated carbocycles. The van der Waals surface area contributed by atoms with Crippen molar-refractivity contribution in [2.75, 3.05) is 23.5 Å². The fourth-order valence-electron chi connectivity index (χ4n) is 3.39. The number of ether oxygens (including phenoxy) is 1. The molecule has 0 N–H and O–H groups in total. The Kier molecular flexibility index (Phi) is 4.90. The third-order valence-corrected chi connectivity index (χ3v) is 8.11. The molecule has 7 heteroatoms. The topological polar surface area (TPSA) is 59.0 Å². The molecule has 2 heterocycles. The number of hydrogen-bond donors (Lipinski definition) is 0. The van der Waals surface area contributed by atoms with E-state index in [0.717, 1.165) is 16.6 Å². The van der Waals surface area contributed by atoms with Crippen molar-refractivity contribution in [1.82, 2.24) is 0 Å². The summed E-state index contributed by atoms with van der Waals surface area (Å²) in [5, 5.41) is 0.907. The highest BCUT2D eigenvalue weighted by molar-refractivity contribution is 8.15. The number of anilines is 1. The van der Waals surface area contributed by atoms with Crippen molar-refractivity contribution in [2.45, 2.75) is 24.8 Å². The Morgan fingerprint density at radius 1 is 1.19 bits per heavy atom. The van der Waals surface area contributed by atoms with Crippen LogP contribution in [0.3, 0.4) is 0 Å². The van der Waals surface area contributed by atoms with Gasteiger partial charge in [0, 0.05) is 17.0 Å². The van der Waals surface area contributed by atoms with Crippen LogP contribution < -0.4 is 9.64 Å². The van der Waals surface area contributed by atoms with Gasteiger partial charge in [-0.15, -0.1) is 0 Å². The van der Waals surface area contributed by atoms with Gasteiger partial charge in [0.2, 0.25) is 0 Å². The normalized spacial score (nSPS) is 23.0. The minimum atomic E-state index is -2.96. The van der Waals surface area contributed by atoms with E-state index in [2.05, 4.69) is 36.1 Å². The maximum Gasteiger partial charge on any atom is 0.164 e. The average molecular weight is 403 g/mol. The van der Waals surface area contributed by atoms with Crippen LogP contribution in [0.1, 0.15) is 11.1 Å². The summed E-state index contributed by atoms with van der Waals surface area (Å²) in [5.41, 5.74) is 3.39. The molecule has 2 aliphatic heterocycles. The molecular weight excluding hydrogens is 380 g/mol. The number of nitrogens with zero attached hydrogens (tertiary/aromatic N) is 2. The molecule has 142 valence electrons. The first kappa shape index (κ1) is 18.4. The van der Waals surface area contributed by atoms with Crippen molar-refractivity contribution in [1.29, 1.82) is 0 Å². The second-order valence-corrected chi connectivity index (χ2v) is 10.3. The van der Waals surface area contributed by atoms with Crippen molar-refractivity contribution >= 4 is 32.5 Å². The van der Waals surface area contributed by atoms with Gasteiger partial charge in [-0.2, -0.15) is 0 Å². The summed E-state index contributed by atoms with van der Waals surface area (Å²) in [7, 11) is -1.31. The zero-order valence-electron chi connectivity index (χ0n) is 15.3. The van der Waals surface area contributed by atoms with Gasteiger partial charge in [-0.05, 0) is 24.6 Å². The molecular formula is C20H22N2O3S2. The fraction of sp³-hybridized carbons (Fsp3) is 0.350. The van der Waals surface area contributed by atoms with E-state index in [1.54, 1.807) is 18.9 Å². The zero-order valence-corrected chi connectivity index (χ0v) is 17.0. The average Bonchev–Trinajstić information content (AvgIpc) is 3.14. The van der Waals surface area contributed by atoms with E-state index in [4.69, 9.17) is 9.73 Å². The Balaban J connectivity index is 1.67. The number of amidine groups is 1. The SMILES string of the molecule is COc1cccc(N(Cc2ccc(C)cc2)C2=N[C@@H]3CS(=O)(=O)C[C@H]3S2)c1. The smallest absolute Gasteiger partial charge is 0.164 e. The Labute approximate surface area is 164 Å². The maximum atomic E-state index is 11.9. The summed E-state index contributed by atoms with van der Waals surface area (Å²) in [5.74, 6) is 1.16. The third kappa shape index (κ3) is 3.99. The lowest BCUT2D eigenvalue weighted by molar-refractivity contribution is 0.415. The second-order valence-electron chi connectivity index (χ2n) is 6.99. The Bertz CT molecular complexity index is 971. The van der Waals surface area contributed by atoms with E-state index in [1.165, 1.54) is 11.1 Å². The second kappa shape index (κ2) is 7.20. The summed E-state index contributed by atoms with van der Waals surface area (Å²) in [6.45, 7) is 2.74. The lowest BCUT2D eigenvalue weighted by atomic mass is 10.1. The van der Waals surface area contributed by atoms with Crippen molar-refractivity contribution in [3.8, 4) is 5.75 Å². The van der Waals surface area contributed by atoms with E-state index in [9.17, 15) is 8.42 Å². The number of sulfone groups is 1. The third-order valence-electron chi connectivity index (χ3n) is 4.86. The molecule has 0 amide bonds. The van der Waals surface area contributed by atoms with Crippen molar-refractivity contribution in [3.05, 3.63) is 59.7 Å². The molecule has 2 aliphatic rings. The lowest BCUT2D eigenvalue weighted by Crippen LogP contribution is -2.28. The first-order chi connectivity index (χ1) is 12.9. The minimum Gasteiger partial charge on any atom is -0.497 e. The minimum absolute atomic E-state index is 0.0242. The van der Waals surface area contributed by atoms with Gasteiger partial charge in [0.1, 0.15) is 5.75 Å². The van der Waals surface area contributed by atoms with Crippen LogP contribution >= 0.6 is 11.8 Å². The number of hydrogen-bond acceptors (Lipinski definition) is 6. The number of benzene rings is 2. The molecule has 0 radical (unpaired) electrons. The summed E-state index contributed by atoms with van der Waals surface area (Å²) < 4.78 is 29.2. The number of fused-ring (bicyclic) bond motifs is 1. The molecule has 2 atom stereocenters. The first-order valence-corrected chi connectivity index (χ1v) is 11.6. The fourth-order valence-corrected chi connectivity index (χ4v) is 7.18. The van der Waals surface area contributed by atoms with Crippen molar-refractivity contribution in [3.63, 3.8) is 0 Å². The van der Waals surface area contributed by atoms with Crippen LogP contribution in [0, 0.1) is 6.92 Å². The Morgan fingerprint density at radius 3 is 2.67 bits per heavy atom. The van der Waals surface area contributed by atoms with Gasteiger partial charge in [-0.25, -0.2) is 8.42 Å². The summed E-state index contributed by atoms with van der Waals surface area (Å²) in [6, 6.07) is 16.2.